The summed E-state index contributed by atoms with van der Waals surface area (Å²) in [6, 6.07) is 5.57. The Hall–Kier alpha value is -1.84. The van der Waals surface area contributed by atoms with E-state index in [2.05, 4.69) is 20.8 Å². The van der Waals surface area contributed by atoms with Gasteiger partial charge in [0.25, 0.3) is 0 Å². The van der Waals surface area contributed by atoms with Crippen molar-refractivity contribution in [2.45, 2.75) is 58.8 Å². The maximum Gasteiger partial charge on any atom is 0.322 e. The van der Waals surface area contributed by atoms with Gasteiger partial charge in [-0.1, -0.05) is 53.7 Å². The molecule has 1 aromatic carbocycles. The molecule has 0 atom stereocenters. The van der Waals surface area contributed by atoms with Crippen molar-refractivity contribution in [3.63, 3.8) is 0 Å². The van der Waals surface area contributed by atoms with Crippen LogP contribution in [0.15, 0.2) is 18.2 Å². The second kappa shape index (κ2) is 5.88. The van der Waals surface area contributed by atoms with Crippen molar-refractivity contribution in [2.75, 3.05) is 0 Å². The molecule has 1 aromatic rings. The minimum atomic E-state index is -1.19. The summed E-state index contributed by atoms with van der Waals surface area (Å²) in [4.78, 5) is 22.3. The van der Waals surface area contributed by atoms with Gasteiger partial charge in [-0.2, -0.15) is 0 Å². The molecule has 0 radical (unpaired) electrons. The van der Waals surface area contributed by atoms with Gasteiger partial charge in [-0.25, -0.2) is 0 Å². The number of aliphatic carboxylic acids is 1. The van der Waals surface area contributed by atoms with Crippen molar-refractivity contribution in [1.29, 1.82) is 0 Å². The van der Waals surface area contributed by atoms with E-state index in [0.29, 0.717) is 5.75 Å². The zero-order chi connectivity index (χ0) is 16.4. The molecule has 0 aliphatic carbocycles. The van der Waals surface area contributed by atoms with E-state index in [0.717, 1.165) is 11.1 Å². The first-order valence-corrected chi connectivity index (χ1v) is 6.99. The van der Waals surface area contributed by atoms with Crippen molar-refractivity contribution in [1.82, 2.24) is 0 Å². The quantitative estimate of drug-likeness (QED) is 0.524. The van der Waals surface area contributed by atoms with Crippen LogP contribution in [0.4, 0.5) is 0 Å². The highest BCUT2D eigenvalue weighted by atomic mass is 16.5. The third kappa shape index (κ3) is 4.59. The number of rotatable bonds is 3. The number of hydrogen-bond acceptors (Lipinski definition) is 3. The Morgan fingerprint density at radius 2 is 1.62 bits per heavy atom. The molecule has 1 rings (SSSR count). The highest BCUT2D eigenvalue weighted by Crippen LogP contribution is 2.39. The highest BCUT2D eigenvalue weighted by Gasteiger charge is 2.29. The Labute approximate surface area is 126 Å². The summed E-state index contributed by atoms with van der Waals surface area (Å²) in [5.41, 5.74) is 1.72. The summed E-state index contributed by atoms with van der Waals surface area (Å²) in [6.45, 7) is 12.4. The van der Waals surface area contributed by atoms with Crippen LogP contribution in [0, 0.1) is 0 Å². The van der Waals surface area contributed by atoms with Crippen LogP contribution in [0.25, 0.3) is 0 Å². The fourth-order valence-corrected chi connectivity index (χ4v) is 2.30. The van der Waals surface area contributed by atoms with Crippen LogP contribution in [0.2, 0.25) is 0 Å². The molecule has 0 bridgehead atoms. The topological polar surface area (TPSA) is 63.6 Å². The molecule has 0 fully saturated rings. The average molecular weight is 292 g/mol. The predicted octanol–water partition coefficient (Wildman–Crippen LogP) is 3.66. The van der Waals surface area contributed by atoms with Gasteiger partial charge in [0.2, 0.25) is 0 Å². The van der Waals surface area contributed by atoms with E-state index in [1.807, 2.05) is 32.9 Å². The van der Waals surface area contributed by atoms with Crippen LogP contribution < -0.4 is 4.74 Å². The molecular formula is C17H24O4. The van der Waals surface area contributed by atoms with Gasteiger partial charge in [-0.15, -0.1) is 0 Å². The first-order chi connectivity index (χ1) is 9.43. The number of ether oxygens (including phenoxy) is 1. The smallest absolute Gasteiger partial charge is 0.322 e. The Kier molecular flexibility index (Phi) is 4.82. The van der Waals surface area contributed by atoms with Gasteiger partial charge in [0.05, 0.1) is 0 Å². The molecule has 1 N–H and O–H groups in total. The molecule has 0 saturated heterocycles. The molecular weight excluding hydrogens is 268 g/mol. The van der Waals surface area contributed by atoms with Crippen molar-refractivity contribution in [3.8, 4) is 5.75 Å². The van der Waals surface area contributed by atoms with E-state index in [1.165, 1.54) is 0 Å². The van der Waals surface area contributed by atoms with Gasteiger partial charge < -0.3 is 9.84 Å². The maximum atomic E-state index is 11.7. The monoisotopic (exact) mass is 292 g/mol. The van der Waals surface area contributed by atoms with E-state index in [9.17, 15) is 9.59 Å². The lowest BCUT2D eigenvalue weighted by Crippen LogP contribution is -2.24. The number of carbonyl (C=O) groups excluding carboxylic acids is 1. The second-order valence-corrected chi connectivity index (χ2v) is 7.22. The van der Waals surface area contributed by atoms with Crippen LogP contribution in [0.3, 0.4) is 0 Å². The number of hydrogen-bond donors (Lipinski definition) is 1. The number of carboxylic acid groups (broad SMARTS) is 1. The third-order valence-corrected chi connectivity index (χ3v) is 3.10. The van der Waals surface area contributed by atoms with Gasteiger partial charge in [0.1, 0.15) is 12.2 Å². The van der Waals surface area contributed by atoms with E-state index in [1.54, 1.807) is 6.07 Å². The highest BCUT2D eigenvalue weighted by molar-refractivity contribution is 5.91. The summed E-state index contributed by atoms with van der Waals surface area (Å²) >= 11 is 0. The van der Waals surface area contributed by atoms with Gasteiger partial charge in [-0.05, 0) is 22.5 Å². The first kappa shape index (κ1) is 17.2. The third-order valence-electron chi connectivity index (χ3n) is 3.10. The molecule has 0 heterocycles. The summed E-state index contributed by atoms with van der Waals surface area (Å²) in [5, 5.41) is 8.67. The first-order valence-electron chi connectivity index (χ1n) is 6.99. The Morgan fingerprint density at radius 3 is 2.05 bits per heavy atom. The Balaban J connectivity index is 3.33. The van der Waals surface area contributed by atoms with Crippen LogP contribution in [-0.4, -0.2) is 17.0 Å². The van der Waals surface area contributed by atoms with E-state index >= 15 is 0 Å². The summed E-state index contributed by atoms with van der Waals surface area (Å²) in [7, 11) is 0. The molecule has 4 heteroatoms. The van der Waals surface area contributed by atoms with Crippen LogP contribution >= 0.6 is 0 Å². The normalized spacial score (nSPS) is 12.1. The lowest BCUT2D eigenvalue weighted by atomic mass is 9.75. The SMILES string of the molecule is CC(C)(C)c1cccc(OC(=O)CC(=O)O)c1C(C)(C)C. The summed E-state index contributed by atoms with van der Waals surface area (Å²) < 4.78 is 5.30. The average Bonchev–Trinajstić information content (AvgIpc) is 2.24. The van der Waals surface area contributed by atoms with Crippen LogP contribution in [0.1, 0.15) is 59.1 Å². The van der Waals surface area contributed by atoms with E-state index in [4.69, 9.17) is 9.84 Å². The number of carbonyl (C=O) groups is 2. The molecule has 0 amide bonds. The van der Waals surface area contributed by atoms with Crippen LogP contribution in [0.5, 0.6) is 5.75 Å². The van der Waals surface area contributed by atoms with E-state index in [-0.39, 0.29) is 10.8 Å². The predicted molar refractivity (Wildman–Crippen MR) is 81.7 cm³/mol. The lowest BCUT2D eigenvalue weighted by molar-refractivity contribution is -0.145. The van der Waals surface area contributed by atoms with Gasteiger partial charge in [0, 0.05) is 5.56 Å². The van der Waals surface area contributed by atoms with Crippen molar-refractivity contribution >= 4 is 11.9 Å². The van der Waals surface area contributed by atoms with E-state index < -0.39 is 18.4 Å². The minimum absolute atomic E-state index is 0.0994. The molecule has 21 heavy (non-hydrogen) atoms. The fraction of sp³-hybridized carbons (Fsp3) is 0.529. The van der Waals surface area contributed by atoms with Crippen molar-refractivity contribution in [3.05, 3.63) is 29.3 Å². The molecule has 0 spiro atoms. The maximum absolute atomic E-state index is 11.7. The molecule has 116 valence electrons. The Bertz CT molecular complexity index is 545. The Morgan fingerprint density at radius 1 is 1.05 bits per heavy atom. The molecule has 0 saturated carbocycles. The van der Waals surface area contributed by atoms with Gasteiger partial charge in [0.15, 0.2) is 0 Å². The van der Waals surface area contributed by atoms with Crippen molar-refractivity contribution in [2.24, 2.45) is 0 Å². The molecule has 4 nitrogen and oxygen atoms in total. The molecule has 0 aliphatic rings. The lowest BCUT2D eigenvalue weighted by Gasteiger charge is -2.31. The molecule has 0 aromatic heterocycles. The largest absolute Gasteiger partial charge is 0.481 e. The number of esters is 1. The molecule has 0 unspecified atom stereocenters. The standard InChI is InChI=1S/C17H24O4/c1-16(2,3)11-8-7-9-12(15(11)17(4,5)6)21-14(20)10-13(18)19/h7-9H,10H2,1-6H3,(H,18,19). The minimum Gasteiger partial charge on any atom is -0.481 e. The zero-order valence-electron chi connectivity index (χ0n) is 13.6. The van der Waals surface area contributed by atoms with Crippen LogP contribution in [-0.2, 0) is 20.4 Å². The van der Waals surface area contributed by atoms with Gasteiger partial charge >= 0.3 is 11.9 Å². The van der Waals surface area contributed by atoms with Gasteiger partial charge in [-0.3, -0.25) is 9.59 Å². The summed E-state index contributed by atoms with van der Waals surface area (Å²) in [5.74, 6) is -1.50. The zero-order valence-corrected chi connectivity index (χ0v) is 13.6. The van der Waals surface area contributed by atoms with Crippen molar-refractivity contribution < 1.29 is 19.4 Å². The molecule has 0 aliphatic heterocycles. The summed E-state index contributed by atoms with van der Waals surface area (Å²) in [6.07, 6.45) is -0.636. The number of carboxylic acids is 1. The second-order valence-electron chi connectivity index (χ2n) is 7.22. The fourth-order valence-electron chi connectivity index (χ4n) is 2.30. The number of benzene rings is 1.